The average molecular weight is 268 g/mol. The first-order valence-electron chi connectivity index (χ1n) is 7.00. The quantitative estimate of drug-likeness (QED) is 0.687. The summed E-state index contributed by atoms with van der Waals surface area (Å²) in [7, 11) is 0. The molecule has 0 radical (unpaired) electrons. The smallest absolute Gasteiger partial charge is 0.0226 e. The standard InChI is InChI=1S/C16H26ClN/c1-4-6-15(9-10-17)11-18-12-16-13(2)7-5-8-14(16)3/h5,7-8,15,18H,4,6,9-12H2,1-3H3. The van der Waals surface area contributed by atoms with E-state index in [1.165, 1.54) is 29.5 Å². The van der Waals surface area contributed by atoms with Gasteiger partial charge in [0.05, 0.1) is 0 Å². The Hall–Kier alpha value is -0.530. The SMILES string of the molecule is CCCC(CCCl)CNCc1c(C)cccc1C. The van der Waals surface area contributed by atoms with Gasteiger partial charge in [-0.05, 0) is 55.8 Å². The van der Waals surface area contributed by atoms with Crippen molar-refractivity contribution in [2.24, 2.45) is 5.92 Å². The minimum atomic E-state index is 0.719. The van der Waals surface area contributed by atoms with Gasteiger partial charge in [-0.2, -0.15) is 0 Å². The monoisotopic (exact) mass is 267 g/mol. The molecule has 0 saturated carbocycles. The van der Waals surface area contributed by atoms with Crippen LogP contribution in [0, 0.1) is 19.8 Å². The Morgan fingerprint density at radius 2 is 1.83 bits per heavy atom. The molecule has 1 nitrogen and oxygen atoms in total. The van der Waals surface area contributed by atoms with Gasteiger partial charge in [-0.25, -0.2) is 0 Å². The third-order valence-electron chi connectivity index (χ3n) is 3.59. The zero-order chi connectivity index (χ0) is 13.4. The molecule has 1 aromatic rings. The van der Waals surface area contributed by atoms with Gasteiger partial charge in [0.15, 0.2) is 0 Å². The number of benzene rings is 1. The lowest BCUT2D eigenvalue weighted by Crippen LogP contribution is -2.23. The van der Waals surface area contributed by atoms with E-state index in [0.29, 0.717) is 0 Å². The molecular formula is C16H26ClN. The third kappa shape index (κ3) is 4.99. The summed E-state index contributed by atoms with van der Waals surface area (Å²) in [5.41, 5.74) is 4.21. The zero-order valence-electron chi connectivity index (χ0n) is 11.9. The van der Waals surface area contributed by atoms with Gasteiger partial charge in [-0.1, -0.05) is 31.5 Å². The molecule has 18 heavy (non-hydrogen) atoms. The molecule has 1 aromatic carbocycles. The molecule has 0 amide bonds. The first-order chi connectivity index (χ1) is 8.69. The predicted molar refractivity (Wildman–Crippen MR) is 81.4 cm³/mol. The van der Waals surface area contributed by atoms with Crippen molar-refractivity contribution in [2.45, 2.75) is 46.6 Å². The molecule has 0 fully saturated rings. The van der Waals surface area contributed by atoms with Crippen molar-refractivity contribution in [3.05, 3.63) is 34.9 Å². The van der Waals surface area contributed by atoms with Crippen LogP contribution in [0.4, 0.5) is 0 Å². The summed E-state index contributed by atoms with van der Waals surface area (Å²) in [6.07, 6.45) is 3.63. The Bertz CT molecular complexity index is 323. The van der Waals surface area contributed by atoms with Gasteiger partial charge in [-0.15, -0.1) is 11.6 Å². The third-order valence-corrected chi connectivity index (χ3v) is 3.81. The summed E-state index contributed by atoms with van der Waals surface area (Å²) in [4.78, 5) is 0. The van der Waals surface area contributed by atoms with E-state index in [-0.39, 0.29) is 0 Å². The molecule has 0 aliphatic carbocycles. The van der Waals surface area contributed by atoms with E-state index in [1.807, 2.05) is 0 Å². The van der Waals surface area contributed by atoms with Gasteiger partial charge >= 0.3 is 0 Å². The van der Waals surface area contributed by atoms with Crippen molar-refractivity contribution in [1.82, 2.24) is 5.32 Å². The molecule has 0 bridgehead atoms. The Morgan fingerprint density at radius 1 is 1.17 bits per heavy atom. The molecular weight excluding hydrogens is 242 g/mol. The maximum Gasteiger partial charge on any atom is 0.0226 e. The van der Waals surface area contributed by atoms with Gasteiger partial charge in [0, 0.05) is 12.4 Å². The molecule has 0 aliphatic heterocycles. The maximum atomic E-state index is 5.85. The highest BCUT2D eigenvalue weighted by Gasteiger charge is 2.07. The molecule has 1 unspecified atom stereocenters. The molecule has 0 heterocycles. The highest BCUT2D eigenvalue weighted by molar-refractivity contribution is 6.17. The summed E-state index contributed by atoms with van der Waals surface area (Å²) in [6, 6.07) is 6.50. The van der Waals surface area contributed by atoms with Gasteiger partial charge in [-0.3, -0.25) is 0 Å². The second-order valence-electron chi connectivity index (χ2n) is 5.13. The molecule has 2 heteroatoms. The van der Waals surface area contributed by atoms with E-state index in [0.717, 1.165) is 31.3 Å². The normalized spacial score (nSPS) is 12.7. The van der Waals surface area contributed by atoms with E-state index in [9.17, 15) is 0 Å². The molecule has 1 atom stereocenters. The summed E-state index contributed by atoms with van der Waals surface area (Å²) in [5, 5.41) is 3.59. The minimum Gasteiger partial charge on any atom is -0.312 e. The van der Waals surface area contributed by atoms with Crippen LogP contribution in [0.1, 0.15) is 42.9 Å². The zero-order valence-corrected chi connectivity index (χ0v) is 12.7. The maximum absolute atomic E-state index is 5.85. The Morgan fingerprint density at radius 3 is 2.39 bits per heavy atom. The van der Waals surface area contributed by atoms with Crippen molar-refractivity contribution >= 4 is 11.6 Å². The lowest BCUT2D eigenvalue weighted by molar-refractivity contribution is 0.430. The van der Waals surface area contributed by atoms with Crippen LogP contribution >= 0.6 is 11.6 Å². The van der Waals surface area contributed by atoms with Crippen molar-refractivity contribution in [3.63, 3.8) is 0 Å². The van der Waals surface area contributed by atoms with Gasteiger partial charge in [0.1, 0.15) is 0 Å². The molecule has 0 saturated heterocycles. The Kier molecular flexibility index (Phi) is 7.38. The van der Waals surface area contributed by atoms with Crippen LogP contribution in [0.2, 0.25) is 0 Å². The topological polar surface area (TPSA) is 12.0 Å². The number of nitrogens with one attached hydrogen (secondary N) is 1. The second-order valence-corrected chi connectivity index (χ2v) is 5.51. The first-order valence-corrected chi connectivity index (χ1v) is 7.54. The number of alkyl halides is 1. The summed E-state index contributed by atoms with van der Waals surface area (Å²) in [6.45, 7) is 8.67. The van der Waals surface area contributed by atoms with Gasteiger partial charge in [0.2, 0.25) is 0 Å². The lowest BCUT2D eigenvalue weighted by Gasteiger charge is -2.17. The number of rotatable bonds is 8. The Balaban J connectivity index is 2.44. The number of hydrogen-bond donors (Lipinski definition) is 1. The highest BCUT2D eigenvalue weighted by atomic mass is 35.5. The largest absolute Gasteiger partial charge is 0.312 e. The van der Waals surface area contributed by atoms with Gasteiger partial charge in [0.25, 0.3) is 0 Å². The fourth-order valence-electron chi connectivity index (χ4n) is 2.44. The van der Waals surface area contributed by atoms with E-state index >= 15 is 0 Å². The Labute approximate surface area is 117 Å². The van der Waals surface area contributed by atoms with Crippen molar-refractivity contribution < 1.29 is 0 Å². The summed E-state index contributed by atoms with van der Waals surface area (Å²) in [5.74, 6) is 1.49. The fraction of sp³-hybridized carbons (Fsp3) is 0.625. The molecule has 102 valence electrons. The molecule has 0 aliphatic rings. The number of hydrogen-bond acceptors (Lipinski definition) is 1. The predicted octanol–water partition coefficient (Wildman–Crippen LogP) is 4.44. The first kappa shape index (κ1) is 15.5. The fourth-order valence-corrected chi connectivity index (χ4v) is 2.75. The second kappa shape index (κ2) is 8.55. The number of halogens is 1. The number of aryl methyl sites for hydroxylation is 2. The highest BCUT2D eigenvalue weighted by Crippen LogP contribution is 2.14. The lowest BCUT2D eigenvalue weighted by atomic mass is 9.99. The van der Waals surface area contributed by atoms with Crippen molar-refractivity contribution in [1.29, 1.82) is 0 Å². The van der Waals surface area contributed by atoms with Crippen LogP contribution in [0.15, 0.2) is 18.2 Å². The summed E-state index contributed by atoms with van der Waals surface area (Å²) < 4.78 is 0. The van der Waals surface area contributed by atoms with Crippen LogP contribution in [-0.2, 0) is 6.54 Å². The molecule has 1 rings (SSSR count). The summed E-state index contributed by atoms with van der Waals surface area (Å²) >= 11 is 5.85. The van der Waals surface area contributed by atoms with E-state index in [4.69, 9.17) is 11.6 Å². The minimum absolute atomic E-state index is 0.719. The van der Waals surface area contributed by atoms with Crippen LogP contribution < -0.4 is 5.32 Å². The molecule has 1 N–H and O–H groups in total. The van der Waals surface area contributed by atoms with Crippen LogP contribution in [0.25, 0.3) is 0 Å². The average Bonchev–Trinajstić information content (AvgIpc) is 2.33. The van der Waals surface area contributed by atoms with Crippen LogP contribution in [0.3, 0.4) is 0 Å². The van der Waals surface area contributed by atoms with Gasteiger partial charge < -0.3 is 5.32 Å². The van der Waals surface area contributed by atoms with E-state index in [2.05, 4.69) is 44.3 Å². The molecule has 0 spiro atoms. The molecule has 0 aromatic heterocycles. The van der Waals surface area contributed by atoms with E-state index < -0.39 is 0 Å². The van der Waals surface area contributed by atoms with Crippen LogP contribution in [-0.4, -0.2) is 12.4 Å². The van der Waals surface area contributed by atoms with Crippen molar-refractivity contribution in [2.75, 3.05) is 12.4 Å². The van der Waals surface area contributed by atoms with Crippen molar-refractivity contribution in [3.8, 4) is 0 Å². The van der Waals surface area contributed by atoms with E-state index in [1.54, 1.807) is 0 Å². The van der Waals surface area contributed by atoms with Crippen LogP contribution in [0.5, 0.6) is 0 Å².